The number of nitrogens with one attached hydrogen (secondary N) is 1. The van der Waals surface area contributed by atoms with Crippen molar-refractivity contribution in [3.8, 4) is 6.07 Å². The zero-order valence-electron chi connectivity index (χ0n) is 9.69. The molecule has 0 spiro atoms. The van der Waals surface area contributed by atoms with Gasteiger partial charge < -0.3 is 4.74 Å². The van der Waals surface area contributed by atoms with Gasteiger partial charge in [-0.3, -0.25) is 5.32 Å². The second-order valence-corrected chi connectivity index (χ2v) is 4.16. The number of ether oxygens (including phenoxy) is 1. The SMILES string of the molecule is CC(C)NC(C)(C#N)CCOCC(F)(F)F. The van der Waals surface area contributed by atoms with Crippen LogP contribution in [0.4, 0.5) is 13.2 Å². The van der Waals surface area contributed by atoms with Crippen LogP contribution >= 0.6 is 0 Å². The van der Waals surface area contributed by atoms with Crippen molar-refractivity contribution in [2.45, 2.75) is 44.9 Å². The highest BCUT2D eigenvalue weighted by molar-refractivity contribution is 5.04. The third-order valence-corrected chi connectivity index (χ3v) is 1.87. The van der Waals surface area contributed by atoms with Gasteiger partial charge >= 0.3 is 6.18 Å². The van der Waals surface area contributed by atoms with E-state index in [1.54, 1.807) is 6.92 Å². The molecular weight excluding hydrogens is 221 g/mol. The summed E-state index contributed by atoms with van der Waals surface area (Å²) in [6, 6.07) is 2.13. The Morgan fingerprint density at radius 1 is 1.38 bits per heavy atom. The zero-order chi connectivity index (χ0) is 12.8. The largest absolute Gasteiger partial charge is 0.411 e. The number of nitrogens with zero attached hydrogens (tertiary/aromatic N) is 1. The highest BCUT2D eigenvalue weighted by Crippen LogP contribution is 2.16. The standard InChI is InChI=1S/C10H17F3N2O/c1-8(2)15-9(3,6-14)4-5-16-7-10(11,12)13/h8,15H,4-5,7H2,1-3H3. The molecule has 0 aliphatic heterocycles. The molecule has 94 valence electrons. The number of halogens is 3. The first-order valence-electron chi connectivity index (χ1n) is 5.02. The predicted molar refractivity (Wildman–Crippen MR) is 53.8 cm³/mol. The first-order chi connectivity index (χ1) is 7.18. The van der Waals surface area contributed by atoms with E-state index >= 15 is 0 Å². The maximum atomic E-state index is 11.8. The lowest BCUT2D eigenvalue weighted by molar-refractivity contribution is -0.174. The van der Waals surface area contributed by atoms with Crippen molar-refractivity contribution < 1.29 is 17.9 Å². The molecule has 3 nitrogen and oxygen atoms in total. The van der Waals surface area contributed by atoms with Crippen LogP contribution in [0.5, 0.6) is 0 Å². The third-order valence-electron chi connectivity index (χ3n) is 1.87. The van der Waals surface area contributed by atoms with Gasteiger partial charge in [0.25, 0.3) is 0 Å². The lowest BCUT2D eigenvalue weighted by Crippen LogP contribution is -2.45. The lowest BCUT2D eigenvalue weighted by atomic mass is 9.99. The van der Waals surface area contributed by atoms with E-state index < -0.39 is 18.3 Å². The van der Waals surface area contributed by atoms with Gasteiger partial charge in [0.2, 0.25) is 0 Å². The smallest absolute Gasteiger partial charge is 0.372 e. The summed E-state index contributed by atoms with van der Waals surface area (Å²) in [4.78, 5) is 0. The number of nitriles is 1. The van der Waals surface area contributed by atoms with E-state index in [1.807, 2.05) is 19.9 Å². The molecule has 0 radical (unpaired) electrons. The van der Waals surface area contributed by atoms with Crippen LogP contribution in [0.25, 0.3) is 0 Å². The Kier molecular flexibility index (Phi) is 5.76. The van der Waals surface area contributed by atoms with Crippen LogP contribution in [-0.4, -0.2) is 31.0 Å². The first kappa shape index (κ1) is 15.2. The van der Waals surface area contributed by atoms with Gasteiger partial charge in [-0.2, -0.15) is 18.4 Å². The summed E-state index contributed by atoms with van der Waals surface area (Å²) in [5.74, 6) is 0. The van der Waals surface area contributed by atoms with E-state index in [1.165, 1.54) is 0 Å². The van der Waals surface area contributed by atoms with Crippen LogP contribution in [0.2, 0.25) is 0 Å². The molecule has 0 saturated carbocycles. The minimum Gasteiger partial charge on any atom is -0.372 e. The molecule has 6 heteroatoms. The minimum absolute atomic E-state index is 0.0901. The van der Waals surface area contributed by atoms with Gasteiger partial charge in [-0.15, -0.1) is 0 Å². The second-order valence-electron chi connectivity index (χ2n) is 4.16. The van der Waals surface area contributed by atoms with Gasteiger partial charge in [-0.05, 0) is 20.8 Å². The number of alkyl halides is 3. The van der Waals surface area contributed by atoms with Gasteiger partial charge in [0.1, 0.15) is 12.1 Å². The van der Waals surface area contributed by atoms with E-state index in [4.69, 9.17) is 5.26 Å². The Morgan fingerprint density at radius 3 is 2.31 bits per heavy atom. The fraction of sp³-hybridized carbons (Fsp3) is 0.900. The van der Waals surface area contributed by atoms with Crippen LogP contribution in [0.1, 0.15) is 27.2 Å². The molecular formula is C10H17F3N2O. The normalized spacial score (nSPS) is 15.9. The number of hydrogen-bond donors (Lipinski definition) is 1. The summed E-state index contributed by atoms with van der Waals surface area (Å²) in [5, 5.41) is 11.9. The topological polar surface area (TPSA) is 45.0 Å². The van der Waals surface area contributed by atoms with Gasteiger partial charge in [-0.1, -0.05) is 0 Å². The summed E-state index contributed by atoms with van der Waals surface area (Å²) in [5.41, 5.74) is -0.847. The molecule has 0 saturated heterocycles. The Morgan fingerprint density at radius 2 is 1.94 bits per heavy atom. The molecule has 0 fully saturated rings. The Labute approximate surface area is 93.6 Å². The Hall–Kier alpha value is -0.800. The van der Waals surface area contributed by atoms with Gasteiger partial charge in [-0.25, -0.2) is 0 Å². The maximum Gasteiger partial charge on any atom is 0.411 e. The predicted octanol–water partition coefficient (Wildman–Crippen LogP) is 2.24. The average molecular weight is 238 g/mol. The van der Waals surface area contributed by atoms with Crippen molar-refractivity contribution in [3.63, 3.8) is 0 Å². The summed E-state index contributed by atoms with van der Waals surface area (Å²) in [7, 11) is 0. The summed E-state index contributed by atoms with van der Waals surface area (Å²) >= 11 is 0. The monoisotopic (exact) mass is 238 g/mol. The molecule has 1 atom stereocenters. The van der Waals surface area contributed by atoms with Gasteiger partial charge in [0.15, 0.2) is 0 Å². The molecule has 0 amide bonds. The Bertz CT molecular complexity index is 247. The minimum atomic E-state index is -4.31. The van der Waals surface area contributed by atoms with Crippen LogP contribution in [0, 0.1) is 11.3 Å². The van der Waals surface area contributed by atoms with Crippen molar-refractivity contribution in [2.75, 3.05) is 13.2 Å². The van der Waals surface area contributed by atoms with E-state index in [2.05, 4.69) is 10.1 Å². The second kappa shape index (κ2) is 6.06. The van der Waals surface area contributed by atoms with Crippen LogP contribution in [0.15, 0.2) is 0 Å². The highest BCUT2D eigenvalue weighted by Gasteiger charge is 2.29. The average Bonchev–Trinajstić information content (AvgIpc) is 2.10. The maximum absolute atomic E-state index is 11.8. The molecule has 0 aromatic rings. The molecule has 0 bridgehead atoms. The molecule has 0 heterocycles. The summed E-state index contributed by atoms with van der Waals surface area (Å²) in [6.45, 7) is 4.02. The van der Waals surface area contributed by atoms with Crippen LogP contribution in [0.3, 0.4) is 0 Å². The van der Waals surface area contributed by atoms with Crippen molar-refractivity contribution >= 4 is 0 Å². The highest BCUT2D eigenvalue weighted by atomic mass is 19.4. The van der Waals surface area contributed by atoms with Crippen molar-refractivity contribution in [1.29, 1.82) is 5.26 Å². The van der Waals surface area contributed by atoms with Crippen molar-refractivity contribution in [1.82, 2.24) is 5.32 Å². The van der Waals surface area contributed by atoms with Crippen molar-refractivity contribution in [2.24, 2.45) is 0 Å². The molecule has 1 unspecified atom stereocenters. The van der Waals surface area contributed by atoms with Gasteiger partial charge in [0.05, 0.1) is 6.07 Å². The summed E-state index contributed by atoms with van der Waals surface area (Å²) < 4.78 is 39.7. The molecule has 0 aromatic carbocycles. The van der Waals surface area contributed by atoms with E-state index in [0.717, 1.165) is 0 Å². The number of rotatable bonds is 6. The molecule has 1 N–H and O–H groups in total. The third kappa shape index (κ3) is 7.49. The molecule has 0 rings (SSSR count). The fourth-order valence-corrected chi connectivity index (χ4v) is 1.26. The lowest BCUT2D eigenvalue weighted by Gasteiger charge is -2.25. The molecule has 0 aliphatic carbocycles. The quantitative estimate of drug-likeness (QED) is 0.722. The van der Waals surface area contributed by atoms with E-state index in [0.29, 0.717) is 0 Å². The van der Waals surface area contributed by atoms with E-state index in [9.17, 15) is 13.2 Å². The first-order valence-corrected chi connectivity index (χ1v) is 5.02. The fourth-order valence-electron chi connectivity index (χ4n) is 1.26. The van der Waals surface area contributed by atoms with Crippen molar-refractivity contribution in [3.05, 3.63) is 0 Å². The van der Waals surface area contributed by atoms with Crippen LogP contribution in [-0.2, 0) is 4.74 Å². The summed E-state index contributed by atoms with van der Waals surface area (Å²) in [6.07, 6.45) is -4.09. The number of hydrogen-bond acceptors (Lipinski definition) is 3. The Balaban J connectivity index is 3.93. The molecule has 16 heavy (non-hydrogen) atoms. The zero-order valence-corrected chi connectivity index (χ0v) is 9.69. The molecule has 0 aliphatic rings. The molecule has 0 aromatic heterocycles. The van der Waals surface area contributed by atoms with Gasteiger partial charge in [0, 0.05) is 19.1 Å². The van der Waals surface area contributed by atoms with E-state index in [-0.39, 0.29) is 19.1 Å². The van der Waals surface area contributed by atoms with Crippen LogP contribution < -0.4 is 5.32 Å².